The average Bonchev–Trinajstić information content (AvgIpc) is 3.38. The Labute approximate surface area is 219 Å². The molecule has 31 heavy (non-hydrogen) atoms. The van der Waals surface area contributed by atoms with Crippen LogP contribution in [0.3, 0.4) is 0 Å². The first-order chi connectivity index (χ1) is 14.5. The number of hydrogen-bond donors (Lipinski definition) is 1. The fourth-order valence-corrected chi connectivity index (χ4v) is 4.24. The maximum Gasteiger partial charge on any atom is 0.272 e. The number of amides is 1. The average molecular weight is 532 g/mol. The van der Waals surface area contributed by atoms with E-state index in [0.29, 0.717) is 21.4 Å². The summed E-state index contributed by atoms with van der Waals surface area (Å²) >= 11 is 12.5. The van der Waals surface area contributed by atoms with E-state index in [1.807, 2.05) is 51.1 Å². The van der Waals surface area contributed by atoms with E-state index < -0.39 is 0 Å². The Bertz CT molecular complexity index is 1020. The largest absolute Gasteiger partial charge is 0.348 e. The zero-order valence-electron chi connectivity index (χ0n) is 18.1. The van der Waals surface area contributed by atoms with Gasteiger partial charge in [0.25, 0.3) is 5.91 Å². The van der Waals surface area contributed by atoms with Gasteiger partial charge in [0, 0.05) is 49.3 Å². The van der Waals surface area contributed by atoms with Gasteiger partial charge in [0.05, 0.1) is 16.4 Å². The second-order valence-corrected chi connectivity index (χ2v) is 7.92. The predicted molar refractivity (Wildman–Crippen MR) is 124 cm³/mol. The van der Waals surface area contributed by atoms with Gasteiger partial charge < -0.3 is 5.32 Å². The molecular formula is C24H26Cl2N3OY-. The Kier molecular flexibility index (Phi) is 10.2. The van der Waals surface area contributed by atoms with Crippen molar-refractivity contribution >= 4 is 29.1 Å². The predicted octanol–water partition coefficient (Wildman–Crippen LogP) is 6.65. The Hall–Kier alpha value is -1.20. The van der Waals surface area contributed by atoms with E-state index in [2.05, 4.69) is 16.5 Å². The van der Waals surface area contributed by atoms with Gasteiger partial charge in [-0.1, -0.05) is 49.9 Å². The van der Waals surface area contributed by atoms with Crippen molar-refractivity contribution in [2.24, 2.45) is 0 Å². The first-order valence-corrected chi connectivity index (χ1v) is 11.1. The number of hydrogen-bond acceptors (Lipinski definition) is 2. The summed E-state index contributed by atoms with van der Waals surface area (Å²) in [6, 6.07) is 16.1. The fourth-order valence-electron chi connectivity index (χ4n) is 3.75. The third kappa shape index (κ3) is 5.98. The SMILES string of the molecule is CC.Cc1c(C(=O)NC2CCCC2)nn(-c2ccc(Cl)cc2Cl)c1-c1cc[c-]cc1.[Y]. The van der Waals surface area contributed by atoms with Crippen LogP contribution in [0.15, 0.2) is 42.5 Å². The molecule has 0 unspecified atom stereocenters. The minimum absolute atomic E-state index is 0. The molecule has 4 rings (SSSR count). The molecule has 2 aromatic carbocycles. The molecule has 4 nitrogen and oxygen atoms in total. The number of nitrogens with zero attached hydrogens (tertiary/aromatic N) is 2. The van der Waals surface area contributed by atoms with Crippen molar-refractivity contribution in [2.75, 3.05) is 0 Å². The van der Waals surface area contributed by atoms with Crippen LogP contribution >= 0.6 is 23.2 Å². The van der Waals surface area contributed by atoms with Crippen molar-refractivity contribution in [2.45, 2.75) is 52.5 Å². The minimum atomic E-state index is -0.142. The van der Waals surface area contributed by atoms with E-state index in [0.717, 1.165) is 42.5 Å². The van der Waals surface area contributed by atoms with Gasteiger partial charge in [-0.25, -0.2) is 4.68 Å². The summed E-state index contributed by atoms with van der Waals surface area (Å²) in [6.45, 7) is 5.92. The third-order valence-electron chi connectivity index (χ3n) is 5.16. The quantitative estimate of drug-likeness (QED) is 0.383. The Morgan fingerprint density at radius 3 is 2.39 bits per heavy atom. The van der Waals surface area contributed by atoms with Crippen LogP contribution in [0, 0.1) is 13.0 Å². The van der Waals surface area contributed by atoms with E-state index >= 15 is 0 Å². The molecule has 0 spiro atoms. The van der Waals surface area contributed by atoms with Crippen molar-refractivity contribution in [1.82, 2.24) is 15.1 Å². The molecule has 1 fully saturated rings. The molecule has 1 radical (unpaired) electrons. The molecule has 3 aromatic rings. The summed E-state index contributed by atoms with van der Waals surface area (Å²) in [5.74, 6) is -0.142. The fraction of sp³-hybridized carbons (Fsp3) is 0.333. The standard InChI is InChI=1S/C22H20Cl2N3O.C2H6.Y/c1-14-20(22(28)25-17-9-5-6-10-17)26-27(19-12-11-16(23)13-18(19)24)21(14)15-7-3-2-4-8-15;1-2;/h3-4,7-8,11-13,17H,5-6,9-10H2,1H3,(H,25,28);1-2H3;/q-1;;. The molecule has 0 saturated heterocycles. The zero-order chi connectivity index (χ0) is 21.7. The Morgan fingerprint density at radius 2 is 1.77 bits per heavy atom. The van der Waals surface area contributed by atoms with Crippen molar-refractivity contribution < 1.29 is 37.5 Å². The molecule has 1 aliphatic rings. The number of halogens is 2. The number of aromatic nitrogens is 2. The molecule has 1 aliphatic carbocycles. The van der Waals surface area contributed by atoms with E-state index in [-0.39, 0.29) is 44.7 Å². The van der Waals surface area contributed by atoms with Crippen LogP contribution in [0.4, 0.5) is 0 Å². The van der Waals surface area contributed by atoms with Crippen LogP contribution in [0.5, 0.6) is 0 Å². The van der Waals surface area contributed by atoms with Crippen molar-refractivity contribution in [3.05, 3.63) is 69.8 Å². The topological polar surface area (TPSA) is 46.9 Å². The van der Waals surface area contributed by atoms with Gasteiger partial charge in [-0.3, -0.25) is 4.79 Å². The molecular weight excluding hydrogens is 506 g/mol. The van der Waals surface area contributed by atoms with Gasteiger partial charge in [-0.05, 0) is 38.0 Å². The Balaban J connectivity index is 0.00000111. The van der Waals surface area contributed by atoms with Gasteiger partial charge in [0.2, 0.25) is 0 Å². The van der Waals surface area contributed by atoms with Gasteiger partial charge >= 0.3 is 0 Å². The van der Waals surface area contributed by atoms with Crippen LogP contribution in [0.2, 0.25) is 10.0 Å². The summed E-state index contributed by atoms with van der Waals surface area (Å²) in [6.07, 6.45) is 4.36. The van der Waals surface area contributed by atoms with Gasteiger partial charge in [-0.2, -0.15) is 35.4 Å². The van der Waals surface area contributed by atoms with Crippen LogP contribution in [0.25, 0.3) is 16.9 Å². The molecule has 7 heteroatoms. The summed E-state index contributed by atoms with van der Waals surface area (Å²) in [7, 11) is 0. The monoisotopic (exact) mass is 531 g/mol. The van der Waals surface area contributed by atoms with Crippen LogP contribution in [-0.4, -0.2) is 21.7 Å². The molecule has 1 saturated carbocycles. The van der Waals surface area contributed by atoms with Crippen molar-refractivity contribution in [1.29, 1.82) is 0 Å². The third-order valence-corrected chi connectivity index (χ3v) is 5.70. The summed E-state index contributed by atoms with van der Waals surface area (Å²) in [5, 5.41) is 8.81. The normalized spacial score (nSPS) is 13.2. The molecule has 0 aliphatic heterocycles. The number of rotatable bonds is 4. The molecule has 1 heterocycles. The number of nitrogens with one attached hydrogen (secondary N) is 1. The van der Waals surface area contributed by atoms with Crippen LogP contribution in [0.1, 0.15) is 55.6 Å². The Morgan fingerprint density at radius 1 is 1.13 bits per heavy atom. The molecule has 1 amide bonds. The smallest absolute Gasteiger partial charge is 0.272 e. The van der Waals surface area contributed by atoms with E-state index in [9.17, 15) is 4.79 Å². The molecule has 1 N–H and O–H groups in total. The molecule has 0 atom stereocenters. The van der Waals surface area contributed by atoms with Gasteiger partial charge in [0.15, 0.2) is 5.69 Å². The van der Waals surface area contributed by atoms with Crippen molar-refractivity contribution in [3.8, 4) is 16.9 Å². The van der Waals surface area contributed by atoms with Crippen LogP contribution < -0.4 is 5.32 Å². The van der Waals surface area contributed by atoms with Gasteiger partial charge in [-0.15, -0.1) is 5.56 Å². The first kappa shape index (κ1) is 26.1. The number of carbonyl (C=O) groups excluding carboxylic acids is 1. The minimum Gasteiger partial charge on any atom is -0.348 e. The maximum absolute atomic E-state index is 12.9. The number of carbonyl (C=O) groups is 1. The molecule has 0 bridgehead atoms. The van der Waals surface area contributed by atoms with E-state index in [1.165, 1.54) is 0 Å². The second kappa shape index (κ2) is 12.2. The van der Waals surface area contributed by atoms with E-state index in [1.54, 1.807) is 16.8 Å². The van der Waals surface area contributed by atoms with Crippen molar-refractivity contribution in [3.63, 3.8) is 0 Å². The first-order valence-electron chi connectivity index (χ1n) is 10.4. The zero-order valence-corrected chi connectivity index (χ0v) is 22.4. The summed E-state index contributed by atoms with van der Waals surface area (Å²) < 4.78 is 1.73. The van der Waals surface area contributed by atoms with E-state index in [4.69, 9.17) is 23.2 Å². The summed E-state index contributed by atoms with van der Waals surface area (Å²) in [4.78, 5) is 12.9. The summed E-state index contributed by atoms with van der Waals surface area (Å²) in [5.41, 5.74) is 3.68. The van der Waals surface area contributed by atoms with Crippen LogP contribution in [-0.2, 0) is 32.7 Å². The molecule has 161 valence electrons. The second-order valence-electron chi connectivity index (χ2n) is 7.07. The van der Waals surface area contributed by atoms with Gasteiger partial charge in [0.1, 0.15) is 0 Å². The maximum atomic E-state index is 12.9. The molecule has 1 aromatic heterocycles. The number of benzene rings is 2.